The number of carbonyl (C=O) groups excluding carboxylic acids is 3. The molecule has 21 heteroatoms. The second-order valence-electron chi connectivity index (χ2n) is 27.0. The van der Waals surface area contributed by atoms with Crippen LogP contribution in [0.5, 0.6) is 0 Å². The van der Waals surface area contributed by atoms with Gasteiger partial charge < -0.3 is 15.3 Å². The van der Waals surface area contributed by atoms with Gasteiger partial charge in [0.05, 0.1) is 50.8 Å². The lowest BCUT2D eigenvalue weighted by atomic mass is 9.79. The van der Waals surface area contributed by atoms with E-state index in [0.29, 0.717) is 86.0 Å². The molecule has 6 rings (SSSR count). The quantitative estimate of drug-likeness (QED) is 0.0282. The highest BCUT2D eigenvalue weighted by atomic mass is 32.2. The average Bonchev–Trinajstić information content (AvgIpc) is 0.854. The van der Waals surface area contributed by atoms with Gasteiger partial charge in [0.2, 0.25) is 17.7 Å². The van der Waals surface area contributed by atoms with Crippen molar-refractivity contribution >= 4 is 47.8 Å². The van der Waals surface area contributed by atoms with Crippen molar-refractivity contribution in [2.45, 2.75) is 223 Å². The molecule has 0 aliphatic carbocycles. The molecule has 4 unspecified atom stereocenters. The lowest BCUT2D eigenvalue weighted by Crippen LogP contribution is -2.33. The van der Waals surface area contributed by atoms with E-state index in [0.717, 1.165) is 0 Å². The van der Waals surface area contributed by atoms with E-state index in [-0.39, 0.29) is 38.2 Å². The van der Waals surface area contributed by atoms with Crippen molar-refractivity contribution in [2.24, 2.45) is 0 Å². The monoisotopic (exact) mass is 1330 g/mol. The van der Waals surface area contributed by atoms with Crippen LogP contribution in [-0.4, -0.2) is 58.3 Å². The number of rotatable bonds is 27. The number of benzene rings is 6. The van der Waals surface area contributed by atoms with E-state index in [4.69, 9.17) is 0 Å². The summed E-state index contributed by atoms with van der Waals surface area (Å²) in [4.78, 5) is 41.4. The minimum absolute atomic E-state index is 0.217. The van der Waals surface area contributed by atoms with Gasteiger partial charge in [-0.05, 0) is 255 Å². The maximum absolute atomic E-state index is 16.5. The molecule has 92 heavy (non-hydrogen) atoms. The molecule has 0 bridgehead atoms. The van der Waals surface area contributed by atoms with Crippen LogP contribution >= 0.6 is 0 Å². The minimum Gasteiger partial charge on any atom is -0.386 e. The van der Waals surface area contributed by atoms with Crippen LogP contribution in [0.15, 0.2) is 112 Å². The molecule has 6 aromatic rings. The van der Waals surface area contributed by atoms with Crippen LogP contribution < -0.4 is 14.2 Å². The molecule has 0 aliphatic rings. The first-order valence-corrected chi connectivity index (χ1v) is 35.4. The number of carbonyl (C=O) groups is 3. The van der Waals surface area contributed by atoms with E-state index in [2.05, 4.69) is 14.2 Å². The summed E-state index contributed by atoms with van der Waals surface area (Å²) >= 11 is 0. The van der Waals surface area contributed by atoms with Crippen LogP contribution in [-0.2, 0) is 80.5 Å². The molecule has 6 N–H and O–H groups in total. The van der Waals surface area contributed by atoms with Crippen molar-refractivity contribution in [3.8, 4) is 0 Å². The second-order valence-corrected chi connectivity index (χ2v) is 32.0. The van der Waals surface area contributed by atoms with Gasteiger partial charge in [0.1, 0.15) is 17.5 Å². The maximum atomic E-state index is 16.5. The zero-order chi connectivity index (χ0) is 69.1. The van der Waals surface area contributed by atoms with Crippen LogP contribution in [0.2, 0.25) is 0 Å². The lowest BCUT2D eigenvalue weighted by molar-refractivity contribution is -0.119. The van der Waals surface area contributed by atoms with Gasteiger partial charge in [0.25, 0.3) is 30.1 Å². The van der Waals surface area contributed by atoms with Gasteiger partial charge in [-0.1, -0.05) is 91.8 Å². The van der Waals surface area contributed by atoms with Crippen molar-refractivity contribution in [1.29, 1.82) is 0 Å². The van der Waals surface area contributed by atoms with Crippen molar-refractivity contribution in [1.82, 2.24) is 14.2 Å². The van der Waals surface area contributed by atoms with Gasteiger partial charge in [-0.25, -0.2) is 52.6 Å². The number of sulfonamides is 3. The largest absolute Gasteiger partial charge is 0.386 e. The van der Waals surface area contributed by atoms with Gasteiger partial charge in [-0.3, -0.25) is 14.4 Å². The first-order chi connectivity index (χ1) is 42.3. The van der Waals surface area contributed by atoms with Crippen LogP contribution in [0.4, 0.5) is 13.2 Å². The summed E-state index contributed by atoms with van der Waals surface area (Å²) in [6.07, 6.45) is -0.280. The number of nitrogens with one attached hydrogen (secondary N) is 3. The van der Waals surface area contributed by atoms with Crippen molar-refractivity contribution in [3.05, 3.63) is 192 Å². The van der Waals surface area contributed by atoms with Crippen LogP contribution in [0.25, 0.3) is 0 Å². The smallest absolute Gasteiger partial charge is 0.264 e. The Hall–Kier alpha value is -6.75. The summed E-state index contributed by atoms with van der Waals surface area (Å²) in [6.45, 7) is 26.6. The van der Waals surface area contributed by atoms with E-state index < -0.39 is 131 Å². The molecular weight excluding hydrogens is 1240 g/mol. The Balaban J connectivity index is 1.34. The molecule has 3 amide bonds. The van der Waals surface area contributed by atoms with Crippen LogP contribution in [0.1, 0.15) is 236 Å². The topological polar surface area (TPSA) is 250 Å². The highest BCUT2D eigenvalue weighted by Crippen LogP contribution is 2.40. The Morgan fingerprint density at radius 3 is 1.32 bits per heavy atom. The van der Waals surface area contributed by atoms with Gasteiger partial charge in [0.15, 0.2) is 0 Å². The fraction of sp³-hybridized carbons (Fsp3) is 0.451. The fourth-order valence-corrected chi connectivity index (χ4v) is 15.6. The van der Waals surface area contributed by atoms with E-state index in [9.17, 15) is 55.0 Å². The molecule has 0 spiro atoms. The zero-order valence-corrected chi connectivity index (χ0v) is 58.0. The Bertz CT molecular complexity index is 4110. The Labute approximate surface area is 542 Å². The number of aliphatic hydroxyl groups is 3. The van der Waals surface area contributed by atoms with Gasteiger partial charge in [0, 0.05) is 0 Å². The Morgan fingerprint density at radius 1 is 0.446 bits per heavy atom. The second kappa shape index (κ2) is 28.9. The van der Waals surface area contributed by atoms with E-state index >= 15 is 13.2 Å². The molecule has 0 fully saturated rings. The normalized spacial score (nSPS) is 14.0. The van der Waals surface area contributed by atoms with E-state index in [1.54, 1.807) is 45.0 Å². The van der Waals surface area contributed by atoms with Gasteiger partial charge >= 0.3 is 0 Å². The summed E-state index contributed by atoms with van der Waals surface area (Å²) in [5.41, 5.74) is 0.992. The molecule has 500 valence electrons. The van der Waals surface area contributed by atoms with Gasteiger partial charge in [-0.2, -0.15) is 0 Å². The first kappa shape index (κ1) is 74.3. The third-order valence-electron chi connectivity index (χ3n) is 17.2. The Kier molecular flexibility index (Phi) is 23.3. The predicted octanol–water partition coefficient (Wildman–Crippen LogP) is 13.2. The number of halogens is 3. The molecule has 0 radical (unpaired) electrons. The third-order valence-corrected chi connectivity index (χ3v) is 21.4. The molecule has 4 atom stereocenters. The fourth-order valence-electron chi connectivity index (χ4n) is 12.2. The number of hydrogen-bond donors (Lipinski definition) is 6. The van der Waals surface area contributed by atoms with Crippen molar-refractivity contribution in [2.75, 3.05) is 0 Å². The predicted molar refractivity (Wildman–Crippen MR) is 351 cm³/mol. The SMILES string of the molecule is Cc1cc(C(C)(C)O)cc(S(=O)(=O)NC(=O)Cc2c(C(C)C)cc(F)cc2C(C)CCC(C)c2cc(F)cc(C(C)CCC(C)c3ccc(F)c(C(C)C)c3CC(=O)NS(=O)(=O)c3cccc(C(C)(C)O)c3)c2CC(=O)NS(=O)(=O)c2cccc(C(C)(C)O)c2C)c1. The highest BCUT2D eigenvalue weighted by molar-refractivity contribution is 7.90. The Morgan fingerprint density at radius 2 is 0.859 bits per heavy atom. The standard InChI is InChI=1S/C71H90F3N3O12S3/c1-40(2)55-33-50(72)34-56(59(55)37-65(78)76-91(86,87)53-30-42(5)29-49(32-53)70(13,14)82)44(7)25-26-46(9)58-36-51(73)35-57(60(58)38-66(79)77-92(88,89)64-22-18-21-62(47(64)10)71(15,16)83)45(8)24-23-43(6)54-27-28-63(74)68(41(3)4)61(54)39-67(80)75-90(84,85)52-20-17-19-48(31-52)69(11,12)81/h17-22,27-36,40-41,43-46,81-83H,23-26,37-39H2,1-16H3,(H,75,80)(H,76,78)(H,77,79). The number of aryl methyl sites for hydroxylation is 1. The highest BCUT2D eigenvalue weighted by Gasteiger charge is 2.32. The van der Waals surface area contributed by atoms with E-state index in [1.807, 2.05) is 41.5 Å². The van der Waals surface area contributed by atoms with Crippen molar-refractivity contribution in [3.63, 3.8) is 0 Å². The molecule has 0 aromatic heterocycles. The molecule has 0 heterocycles. The number of amides is 3. The summed E-state index contributed by atoms with van der Waals surface area (Å²) < 4.78 is 138. The summed E-state index contributed by atoms with van der Waals surface area (Å²) in [5.74, 6) is -7.36. The van der Waals surface area contributed by atoms with Gasteiger partial charge in [-0.15, -0.1) is 0 Å². The minimum atomic E-state index is -4.57. The summed E-state index contributed by atoms with van der Waals surface area (Å²) in [7, 11) is -13.5. The maximum Gasteiger partial charge on any atom is 0.264 e. The summed E-state index contributed by atoms with van der Waals surface area (Å²) in [5, 5.41) is 32.1. The molecule has 0 saturated carbocycles. The molecule has 6 aromatic carbocycles. The molecular formula is C71H90F3N3O12S3. The van der Waals surface area contributed by atoms with E-state index in [1.165, 1.54) is 121 Å². The molecule has 0 saturated heterocycles. The molecule has 0 aliphatic heterocycles. The average molecular weight is 1330 g/mol. The van der Waals surface area contributed by atoms with Crippen molar-refractivity contribution < 1.29 is 68.1 Å². The molecule has 15 nitrogen and oxygen atoms in total. The summed E-state index contributed by atoms with van der Waals surface area (Å²) in [6, 6.07) is 22.3. The zero-order valence-electron chi connectivity index (χ0n) is 55.5. The van der Waals surface area contributed by atoms with Crippen LogP contribution in [0.3, 0.4) is 0 Å². The number of hydrogen-bond acceptors (Lipinski definition) is 12. The third kappa shape index (κ3) is 18.3. The lowest BCUT2D eigenvalue weighted by Gasteiger charge is -2.26. The van der Waals surface area contributed by atoms with Crippen LogP contribution in [0, 0.1) is 31.3 Å². The first-order valence-electron chi connectivity index (χ1n) is 30.9.